The lowest BCUT2D eigenvalue weighted by Crippen LogP contribution is -2.68. The van der Waals surface area contributed by atoms with E-state index in [-0.39, 0.29) is 11.1 Å². The first-order valence-corrected chi connectivity index (χ1v) is 6.91. The van der Waals surface area contributed by atoms with Gasteiger partial charge in [0.05, 0.1) is 0 Å². The van der Waals surface area contributed by atoms with E-state index in [0.717, 1.165) is 6.04 Å². The minimum atomic E-state index is 0.263. The maximum absolute atomic E-state index is 3.76. The molecule has 0 aromatic carbocycles. The van der Waals surface area contributed by atoms with Crippen LogP contribution >= 0.6 is 0 Å². The highest BCUT2D eigenvalue weighted by Crippen LogP contribution is 2.28. The molecule has 0 unspecified atom stereocenters. The fourth-order valence-corrected chi connectivity index (χ4v) is 3.77. The fraction of sp³-hybridized carbons (Fsp3) is 1.00. The molecule has 16 heavy (non-hydrogen) atoms. The van der Waals surface area contributed by atoms with E-state index in [1.807, 2.05) is 0 Å². The van der Waals surface area contributed by atoms with E-state index in [0.29, 0.717) is 0 Å². The van der Waals surface area contributed by atoms with Gasteiger partial charge in [-0.3, -0.25) is 4.90 Å². The zero-order valence-corrected chi connectivity index (χ0v) is 11.5. The van der Waals surface area contributed by atoms with Crippen LogP contribution in [0.2, 0.25) is 0 Å². The predicted octanol–water partition coefficient (Wildman–Crippen LogP) is 2.78. The van der Waals surface area contributed by atoms with Crippen molar-refractivity contribution in [3.8, 4) is 0 Å². The molecule has 1 saturated carbocycles. The SMILES string of the molecule is CC1(C)CN(C2CCCCC2)CC(C)(C)N1. The molecule has 0 aromatic heterocycles. The van der Waals surface area contributed by atoms with Crippen molar-refractivity contribution in [1.82, 2.24) is 10.2 Å². The Morgan fingerprint density at radius 3 is 1.88 bits per heavy atom. The summed E-state index contributed by atoms with van der Waals surface area (Å²) in [5.41, 5.74) is 0.526. The topological polar surface area (TPSA) is 15.3 Å². The first-order chi connectivity index (χ1) is 7.38. The van der Waals surface area contributed by atoms with Gasteiger partial charge in [-0.15, -0.1) is 0 Å². The summed E-state index contributed by atoms with van der Waals surface area (Å²) in [6, 6.07) is 0.856. The number of hydrogen-bond acceptors (Lipinski definition) is 2. The van der Waals surface area contributed by atoms with Crippen molar-refractivity contribution < 1.29 is 0 Å². The first-order valence-electron chi connectivity index (χ1n) is 6.91. The zero-order valence-electron chi connectivity index (χ0n) is 11.5. The highest BCUT2D eigenvalue weighted by atomic mass is 15.3. The van der Waals surface area contributed by atoms with Gasteiger partial charge in [-0.2, -0.15) is 0 Å². The smallest absolute Gasteiger partial charge is 0.0257 e. The minimum Gasteiger partial charge on any atom is -0.304 e. The number of nitrogens with zero attached hydrogens (tertiary/aromatic N) is 1. The van der Waals surface area contributed by atoms with Crippen LogP contribution in [0.4, 0.5) is 0 Å². The monoisotopic (exact) mass is 224 g/mol. The molecule has 1 N–H and O–H groups in total. The molecule has 2 fully saturated rings. The van der Waals surface area contributed by atoms with Gasteiger partial charge < -0.3 is 5.32 Å². The van der Waals surface area contributed by atoms with E-state index in [1.54, 1.807) is 0 Å². The van der Waals surface area contributed by atoms with Gasteiger partial charge >= 0.3 is 0 Å². The molecular weight excluding hydrogens is 196 g/mol. The van der Waals surface area contributed by atoms with Crippen molar-refractivity contribution in [1.29, 1.82) is 0 Å². The Balaban J connectivity index is 2.03. The Morgan fingerprint density at radius 2 is 1.38 bits per heavy atom. The van der Waals surface area contributed by atoms with E-state index in [9.17, 15) is 0 Å². The molecular formula is C14H28N2. The Kier molecular flexibility index (Phi) is 3.33. The van der Waals surface area contributed by atoms with Gasteiger partial charge in [-0.25, -0.2) is 0 Å². The molecule has 2 rings (SSSR count). The van der Waals surface area contributed by atoms with Crippen LogP contribution in [-0.4, -0.2) is 35.1 Å². The van der Waals surface area contributed by atoms with Crippen molar-refractivity contribution in [2.75, 3.05) is 13.1 Å². The Hall–Kier alpha value is -0.0800. The quantitative estimate of drug-likeness (QED) is 0.737. The number of rotatable bonds is 1. The maximum Gasteiger partial charge on any atom is 0.0257 e. The van der Waals surface area contributed by atoms with Crippen LogP contribution in [0.3, 0.4) is 0 Å². The second-order valence-electron chi connectivity index (χ2n) is 7.09. The summed E-state index contributed by atoms with van der Waals surface area (Å²) >= 11 is 0. The van der Waals surface area contributed by atoms with Crippen molar-refractivity contribution in [3.63, 3.8) is 0 Å². The van der Waals surface area contributed by atoms with Crippen LogP contribution in [0.25, 0.3) is 0 Å². The molecule has 0 radical (unpaired) electrons. The van der Waals surface area contributed by atoms with Gasteiger partial charge in [0, 0.05) is 30.2 Å². The van der Waals surface area contributed by atoms with Crippen LogP contribution in [0, 0.1) is 0 Å². The summed E-state index contributed by atoms with van der Waals surface area (Å²) in [6.07, 6.45) is 7.18. The molecule has 1 aliphatic heterocycles. The molecule has 2 nitrogen and oxygen atoms in total. The zero-order chi connectivity index (χ0) is 11.8. The standard InChI is InChI=1S/C14H28N2/c1-13(2)10-16(11-14(3,4)15-13)12-8-6-5-7-9-12/h12,15H,5-11H2,1-4H3. The molecule has 0 spiro atoms. The summed E-state index contributed by atoms with van der Waals surface area (Å²) in [4.78, 5) is 2.75. The van der Waals surface area contributed by atoms with Gasteiger partial charge in [-0.05, 0) is 40.5 Å². The van der Waals surface area contributed by atoms with Crippen LogP contribution in [0.1, 0.15) is 59.8 Å². The Labute approximate surface area is 101 Å². The largest absolute Gasteiger partial charge is 0.304 e. The van der Waals surface area contributed by atoms with Crippen molar-refractivity contribution in [2.24, 2.45) is 0 Å². The van der Waals surface area contributed by atoms with Crippen LogP contribution in [0.5, 0.6) is 0 Å². The van der Waals surface area contributed by atoms with Crippen LogP contribution < -0.4 is 5.32 Å². The van der Waals surface area contributed by atoms with Crippen LogP contribution in [-0.2, 0) is 0 Å². The van der Waals surface area contributed by atoms with E-state index < -0.39 is 0 Å². The molecule has 1 heterocycles. The average Bonchev–Trinajstić information content (AvgIpc) is 2.14. The average molecular weight is 224 g/mol. The first kappa shape index (κ1) is 12.4. The second-order valence-corrected chi connectivity index (χ2v) is 7.09. The molecule has 0 aromatic rings. The highest BCUT2D eigenvalue weighted by molar-refractivity contribution is 4.99. The van der Waals surface area contributed by atoms with Gasteiger partial charge in [0.25, 0.3) is 0 Å². The Bertz CT molecular complexity index is 223. The van der Waals surface area contributed by atoms with Gasteiger partial charge in [0.1, 0.15) is 0 Å². The molecule has 0 atom stereocenters. The summed E-state index contributed by atoms with van der Waals surface area (Å²) in [5.74, 6) is 0. The van der Waals surface area contributed by atoms with E-state index in [1.165, 1.54) is 45.2 Å². The summed E-state index contributed by atoms with van der Waals surface area (Å²) in [5, 5.41) is 3.76. The highest BCUT2D eigenvalue weighted by Gasteiger charge is 2.38. The van der Waals surface area contributed by atoms with Crippen molar-refractivity contribution in [2.45, 2.75) is 76.9 Å². The number of piperazine rings is 1. The summed E-state index contributed by atoms with van der Waals surface area (Å²) in [7, 11) is 0. The maximum atomic E-state index is 3.76. The third-order valence-corrected chi connectivity index (χ3v) is 3.96. The Morgan fingerprint density at radius 1 is 0.875 bits per heavy atom. The van der Waals surface area contributed by atoms with Crippen LogP contribution in [0.15, 0.2) is 0 Å². The molecule has 2 heteroatoms. The number of hydrogen-bond donors (Lipinski definition) is 1. The predicted molar refractivity (Wildman–Crippen MR) is 69.7 cm³/mol. The van der Waals surface area contributed by atoms with Crippen molar-refractivity contribution >= 4 is 0 Å². The molecule has 2 aliphatic rings. The summed E-state index contributed by atoms with van der Waals surface area (Å²) < 4.78 is 0. The fourth-order valence-electron chi connectivity index (χ4n) is 3.77. The van der Waals surface area contributed by atoms with Gasteiger partial charge in [0.2, 0.25) is 0 Å². The lowest BCUT2D eigenvalue weighted by molar-refractivity contribution is 0.0332. The molecule has 94 valence electrons. The van der Waals surface area contributed by atoms with E-state index in [2.05, 4.69) is 37.9 Å². The third-order valence-electron chi connectivity index (χ3n) is 3.96. The normalized spacial score (nSPS) is 31.5. The third kappa shape index (κ3) is 2.98. The molecule has 0 bridgehead atoms. The lowest BCUT2D eigenvalue weighted by Gasteiger charge is -2.51. The van der Waals surface area contributed by atoms with Crippen molar-refractivity contribution in [3.05, 3.63) is 0 Å². The number of nitrogens with one attached hydrogen (secondary N) is 1. The molecule has 0 amide bonds. The van der Waals surface area contributed by atoms with E-state index in [4.69, 9.17) is 0 Å². The molecule has 1 saturated heterocycles. The molecule has 1 aliphatic carbocycles. The summed E-state index contributed by atoms with van der Waals surface area (Å²) in [6.45, 7) is 11.8. The minimum absolute atomic E-state index is 0.263. The second kappa shape index (κ2) is 4.30. The van der Waals surface area contributed by atoms with Gasteiger partial charge in [0.15, 0.2) is 0 Å². The van der Waals surface area contributed by atoms with Gasteiger partial charge in [-0.1, -0.05) is 19.3 Å². The van der Waals surface area contributed by atoms with E-state index >= 15 is 0 Å². The lowest BCUT2D eigenvalue weighted by atomic mass is 9.87.